The number of carboxylic acid groups (broad SMARTS) is 1. The lowest BCUT2D eigenvalue weighted by atomic mass is 10.0. The standard InChI is InChI=1S/C20H18N2O4S/c1-4-11(2)15-10-17(27-18(15)20(24)25)13-5-7-14(8-6-13)21-19(23)16-9-12(3)26-22-16/h5-10H,2,4H2,1,3H3,(H,21,23)(H,24,25). The first-order valence-corrected chi connectivity index (χ1v) is 9.11. The second-order valence-corrected chi connectivity index (χ2v) is 7.02. The lowest BCUT2D eigenvalue weighted by molar-refractivity contribution is 0.0701. The average molecular weight is 382 g/mol. The van der Waals surface area contributed by atoms with E-state index in [0.717, 1.165) is 16.0 Å². The molecule has 3 aromatic rings. The quantitative estimate of drug-likeness (QED) is 0.620. The van der Waals surface area contributed by atoms with E-state index < -0.39 is 5.97 Å². The minimum Gasteiger partial charge on any atom is -0.477 e. The molecule has 2 heterocycles. The molecule has 0 aliphatic rings. The number of rotatable bonds is 6. The lowest BCUT2D eigenvalue weighted by Crippen LogP contribution is -2.11. The predicted molar refractivity (Wildman–Crippen MR) is 105 cm³/mol. The minimum absolute atomic E-state index is 0.212. The molecule has 0 fully saturated rings. The largest absolute Gasteiger partial charge is 0.477 e. The van der Waals surface area contributed by atoms with Crippen molar-refractivity contribution in [1.82, 2.24) is 5.16 Å². The first kappa shape index (κ1) is 18.6. The van der Waals surface area contributed by atoms with Crippen molar-refractivity contribution < 1.29 is 19.2 Å². The highest BCUT2D eigenvalue weighted by molar-refractivity contribution is 7.17. The van der Waals surface area contributed by atoms with Crippen LogP contribution in [0.15, 0.2) is 47.5 Å². The van der Waals surface area contributed by atoms with Crippen LogP contribution < -0.4 is 5.32 Å². The van der Waals surface area contributed by atoms with Gasteiger partial charge in [-0.3, -0.25) is 4.79 Å². The second kappa shape index (κ2) is 7.59. The molecular formula is C20H18N2O4S. The fourth-order valence-electron chi connectivity index (χ4n) is 2.53. The molecule has 0 unspecified atom stereocenters. The van der Waals surface area contributed by atoms with Gasteiger partial charge in [0.1, 0.15) is 10.6 Å². The van der Waals surface area contributed by atoms with E-state index in [2.05, 4.69) is 17.1 Å². The molecule has 0 aliphatic heterocycles. The van der Waals surface area contributed by atoms with Gasteiger partial charge in [-0.25, -0.2) is 4.79 Å². The number of nitrogens with zero attached hydrogens (tertiary/aromatic N) is 1. The van der Waals surface area contributed by atoms with Crippen molar-refractivity contribution in [2.45, 2.75) is 20.3 Å². The smallest absolute Gasteiger partial charge is 0.346 e. The van der Waals surface area contributed by atoms with Crippen LogP contribution in [0.4, 0.5) is 5.69 Å². The molecular weight excluding hydrogens is 364 g/mol. The van der Waals surface area contributed by atoms with Gasteiger partial charge >= 0.3 is 5.97 Å². The van der Waals surface area contributed by atoms with Gasteiger partial charge in [-0.05, 0) is 42.7 Å². The molecule has 1 amide bonds. The summed E-state index contributed by atoms with van der Waals surface area (Å²) in [4.78, 5) is 24.7. The average Bonchev–Trinajstić information content (AvgIpc) is 3.28. The summed E-state index contributed by atoms with van der Waals surface area (Å²) < 4.78 is 4.90. The Morgan fingerprint density at radius 1 is 1.26 bits per heavy atom. The van der Waals surface area contributed by atoms with Crippen molar-refractivity contribution in [2.24, 2.45) is 0 Å². The number of carboxylic acids is 1. The Labute approximate surface area is 160 Å². The predicted octanol–water partition coefficient (Wildman–Crippen LogP) is 5.09. The third-order valence-corrected chi connectivity index (χ3v) is 5.19. The van der Waals surface area contributed by atoms with Crippen molar-refractivity contribution in [1.29, 1.82) is 0 Å². The number of aromatic nitrogens is 1. The minimum atomic E-state index is -0.956. The summed E-state index contributed by atoms with van der Waals surface area (Å²) in [6, 6.07) is 10.6. The van der Waals surface area contributed by atoms with Gasteiger partial charge in [-0.15, -0.1) is 11.3 Å². The van der Waals surface area contributed by atoms with Crippen LogP contribution in [0.5, 0.6) is 0 Å². The third kappa shape index (κ3) is 3.98. The topological polar surface area (TPSA) is 92.4 Å². The number of thiophene rings is 1. The maximum Gasteiger partial charge on any atom is 0.346 e. The van der Waals surface area contributed by atoms with Gasteiger partial charge in [-0.1, -0.05) is 30.8 Å². The second-order valence-electron chi connectivity index (χ2n) is 5.97. The van der Waals surface area contributed by atoms with E-state index in [9.17, 15) is 14.7 Å². The Morgan fingerprint density at radius 2 is 1.96 bits per heavy atom. The molecule has 7 heteroatoms. The number of aryl methyl sites for hydroxylation is 1. The monoisotopic (exact) mass is 382 g/mol. The van der Waals surface area contributed by atoms with Crippen molar-refractivity contribution in [3.63, 3.8) is 0 Å². The molecule has 2 N–H and O–H groups in total. The van der Waals surface area contributed by atoms with E-state index in [1.54, 1.807) is 25.1 Å². The summed E-state index contributed by atoms with van der Waals surface area (Å²) in [5.41, 5.74) is 3.15. The molecule has 2 aromatic heterocycles. The number of allylic oxidation sites excluding steroid dienone is 1. The molecule has 3 rings (SSSR count). The molecule has 138 valence electrons. The van der Waals surface area contributed by atoms with Gasteiger partial charge in [0, 0.05) is 22.2 Å². The number of anilines is 1. The van der Waals surface area contributed by atoms with E-state index >= 15 is 0 Å². The van der Waals surface area contributed by atoms with Gasteiger partial charge in [-0.2, -0.15) is 0 Å². The first-order chi connectivity index (χ1) is 12.9. The molecule has 0 saturated carbocycles. The summed E-state index contributed by atoms with van der Waals surface area (Å²) >= 11 is 1.21. The van der Waals surface area contributed by atoms with Crippen molar-refractivity contribution >= 4 is 34.5 Å². The van der Waals surface area contributed by atoms with Gasteiger partial charge in [0.2, 0.25) is 0 Å². The molecule has 0 radical (unpaired) electrons. The normalized spacial score (nSPS) is 10.6. The Balaban J connectivity index is 1.82. The van der Waals surface area contributed by atoms with Gasteiger partial charge < -0.3 is 14.9 Å². The van der Waals surface area contributed by atoms with E-state index in [-0.39, 0.29) is 16.5 Å². The highest BCUT2D eigenvalue weighted by Crippen LogP contribution is 2.36. The fraction of sp³-hybridized carbons (Fsp3) is 0.150. The Hall–Kier alpha value is -3.19. The van der Waals surface area contributed by atoms with Crippen molar-refractivity contribution in [2.75, 3.05) is 5.32 Å². The van der Waals surface area contributed by atoms with E-state index in [1.807, 2.05) is 25.1 Å². The lowest BCUT2D eigenvalue weighted by Gasteiger charge is -2.04. The Morgan fingerprint density at radius 3 is 2.52 bits per heavy atom. The number of amides is 1. The highest BCUT2D eigenvalue weighted by Gasteiger charge is 2.18. The number of aromatic carboxylic acids is 1. The van der Waals surface area contributed by atoms with Crippen LogP contribution in [0.3, 0.4) is 0 Å². The fourth-order valence-corrected chi connectivity index (χ4v) is 3.58. The van der Waals surface area contributed by atoms with Crippen LogP contribution >= 0.6 is 11.3 Å². The number of nitrogens with one attached hydrogen (secondary N) is 1. The maximum atomic E-state index is 12.1. The summed E-state index contributed by atoms with van der Waals surface area (Å²) in [7, 11) is 0. The number of benzene rings is 1. The van der Waals surface area contributed by atoms with E-state index in [4.69, 9.17) is 4.52 Å². The van der Waals surface area contributed by atoms with Gasteiger partial charge in [0.05, 0.1) is 0 Å². The zero-order chi connectivity index (χ0) is 19.6. The molecule has 0 saturated heterocycles. The third-order valence-electron chi connectivity index (χ3n) is 4.02. The number of hydrogen-bond donors (Lipinski definition) is 2. The number of carbonyl (C=O) groups excluding carboxylic acids is 1. The van der Waals surface area contributed by atoms with Crippen molar-refractivity contribution in [3.05, 3.63) is 64.9 Å². The Bertz CT molecular complexity index is 1020. The number of hydrogen-bond acceptors (Lipinski definition) is 5. The van der Waals surface area contributed by atoms with Crippen LogP contribution in [0.2, 0.25) is 0 Å². The molecule has 1 aromatic carbocycles. The zero-order valence-electron chi connectivity index (χ0n) is 14.9. The molecule has 0 aliphatic carbocycles. The summed E-state index contributed by atoms with van der Waals surface area (Å²) in [5.74, 6) is -0.750. The van der Waals surface area contributed by atoms with Crippen LogP contribution in [0, 0.1) is 6.92 Å². The molecule has 6 nitrogen and oxygen atoms in total. The molecule has 0 spiro atoms. The molecule has 27 heavy (non-hydrogen) atoms. The van der Waals surface area contributed by atoms with Gasteiger partial charge in [0.15, 0.2) is 5.69 Å². The molecule has 0 bridgehead atoms. The van der Waals surface area contributed by atoms with Crippen LogP contribution in [0.1, 0.15) is 44.8 Å². The maximum absolute atomic E-state index is 12.1. The SMILES string of the molecule is C=C(CC)c1cc(-c2ccc(NC(=O)c3cc(C)on3)cc2)sc1C(=O)O. The van der Waals surface area contributed by atoms with Crippen LogP contribution in [-0.2, 0) is 0 Å². The van der Waals surface area contributed by atoms with Gasteiger partial charge in [0.25, 0.3) is 5.91 Å². The Kier molecular flexibility index (Phi) is 5.23. The van der Waals surface area contributed by atoms with Crippen molar-refractivity contribution in [3.8, 4) is 10.4 Å². The van der Waals surface area contributed by atoms with Crippen LogP contribution in [-0.4, -0.2) is 22.1 Å². The summed E-state index contributed by atoms with van der Waals surface area (Å²) in [5, 5.41) is 15.9. The van der Waals surface area contributed by atoms with E-state index in [1.165, 1.54) is 11.3 Å². The summed E-state index contributed by atoms with van der Waals surface area (Å²) in [6.07, 6.45) is 0.683. The highest BCUT2D eigenvalue weighted by atomic mass is 32.1. The van der Waals surface area contributed by atoms with Crippen LogP contribution in [0.25, 0.3) is 16.0 Å². The van der Waals surface area contributed by atoms with E-state index in [0.29, 0.717) is 23.4 Å². The zero-order valence-corrected chi connectivity index (χ0v) is 15.7. The number of carbonyl (C=O) groups is 2. The summed E-state index contributed by atoms with van der Waals surface area (Å²) in [6.45, 7) is 7.61. The first-order valence-electron chi connectivity index (χ1n) is 8.29. The molecule has 0 atom stereocenters.